The molecule has 0 spiro atoms. The van der Waals surface area contributed by atoms with Gasteiger partial charge in [0.05, 0.1) is 11.9 Å². The van der Waals surface area contributed by atoms with E-state index in [1.807, 2.05) is 24.7 Å². The molecule has 0 aromatic carbocycles. The summed E-state index contributed by atoms with van der Waals surface area (Å²) in [5.74, 6) is 1.88. The molecular weight excluding hydrogens is 212 g/mol. The van der Waals surface area contributed by atoms with Crippen LogP contribution in [0.15, 0.2) is 6.20 Å². The lowest BCUT2D eigenvalue weighted by Crippen LogP contribution is -2.32. The first-order valence-corrected chi connectivity index (χ1v) is 6.47. The molecule has 0 saturated heterocycles. The number of hydrogen-bond acceptors (Lipinski definition) is 2. The number of nitrogens with zero attached hydrogens (tertiary/aromatic N) is 2. The summed E-state index contributed by atoms with van der Waals surface area (Å²) >= 11 is 0. The number of imidazole rings is 1. The molecule has 1 N–H and O–H groups in total. The van der Waals surface area contributed by atoms with Crippen molar-refractivity contribution in [2.45, 2.75) is 53.1 Å². The maximum absolute atomic E-state index is 11.0. The third-order valence-electron chi connectivity index (χ3n) is 3.19. The molecule has 1 aromatic heterocycles. The van der Waals surface area contributed by atoms with Gasteiger partial charge in [-0.1, -0.05) is 27.7 Å². The fraction of sp³-hybridized carbons (Fsp3) is 0.786. The van der Waals surface area contributed by atoms with Crippen molar-refractivity contribution in [3.05, 3.63) is 17.7 Å². The van der Waals surface area contributed by atoms with Crippen molar-refractivity contribution in [3.8, 4) is 0 Å². The minimum Gasteiger partial charge on any atom is -0.384 e. The van der Waals surface area contributed by atoms with E-state index in [-0.39, 0.29) is 0 Å². The van der Waals surface area contributed by atoms with Crippen molar-refractivity contribution in [1.82, 2.24) is 9.55 Å². The van der Waals surface area contributed by atoms with Crippen LogP contribution in [0.3, 0.4) is 0 Å². The Bertz CT molecular complexity index is 356. The molecular formula is C14H26N2O. The van der Waals surface area contributed by atoms with Gasteiger partial charge in [0, 0.05) is 7.05 Å². The Balaban J connectivity index is 3.09. The molecule has 0 atom stereocenters. The lowest BCUT2D eigenvalue weighted by atomic mass is 9.83. The fourth-order valence-corrected chi connectivity index (χ4v) is 2.58. The van der Waals surface area contributed by atoms with Crippen LogP contribution in [0.1, 0.15) is 52.1 Å². The highest BCUT2D eigenvalue weighted by molar-refractivity contribution is 5.14. The van der Waals surface area contributed by atoms with Gasteiger partial charge >= 0.3 is 0 Å². The molecule has 0 radical (unpaired) electrons. The maximum Gasteiger partial charge on any atom is 0.107 e. The molecule has 0 unspecified atom stereocenters. The Labute approximate surface area is 105 Å². The summed E-state index contributed by atoms with van der Waals surface area (Å²) in [4.78, 5) is 4.30. The van der Waals surface area contributed by atoms with Crippen LogP contribution in [0.5, 0.6) is 0 Å². The van der Waals surface area contributed by atoms with Gasteiger partial charge in [-0.05, 0) is 31.6 Å². The summed E-state index contributed by atoms with van der Waals surface area (Å²) in [7, 11) is 1.98. The molecule has 0 aliphatic carbocycles. The first kappa shape index (κ1) is 14.2. The van der Waals surface area contributed by atoms with Gasteiger partial charge in [-0.25, -0.2) is 4.98 Å². The van der Waals surface area contributed by atoms with Gasteiger partial charge in [0.1, 0.15) is 11.4 Å². The monoisotopic (exact) mass is 238 g/mol. The van der Waals surface area contributed by atoms with Crippen LogP contribution >= 0.6 is 0 Å². The molecule has 3 heteroatoms. The third kappa shape index (κ3) is 3.32. The van der Waals surface area contributed by atoms with Crippen molar-refractivity contribution in [1.29, 1.82) is 0 Å². The van der Waals surface area contributed by atoms with E-state index in [0.29, 0.717) is 11.8 Å². The summed E-state index contributed by atoms with van der Waals surface area (Å²) in [5.41, 5.74) is 0.190. The van der Waals surface area contributed by atoms with Gasteiger partial charge in [-0.3, -0.25) is 0 Å². The van der Waals surface area contributed by atoms with Crippen LogP contribution in [0.2, 0.25) is 0 Å². The van der Waals surface area contributed by atoms with E-state index in [0.717, 1.165) is 24.4 Å². The smallest absolute Gasteiger partial charge is 0.107 e. The van der Waals surface area contributed by atoms with Gasteiger partial charge in [0.25, 0.3) is 0 Å². The molecule has 1 rings (SSSR count). The normalized spacial score (nSPS) is 12.8. The summed E-state index contributed by atoms with van der Waals surface area (Å²) in [6.45, 7) is 10.6. The van der Waals surface area contributed by atoms with Crippen LogP contribution in [0.25, 0.3) is 0 Å². The second-order valence-corrected chi connectivity index (χ2v) is 5.98. The van der Waals surface area contributed by atoms with E-state index in [1.165, 1.54) is 0 Å². The Kier molecular flexibility index (Phi) is 4.36. The highest BCUT2D eigenvalue weighted by Crippen LogP contribution is 2.34. The summed E-state index contributed by atoms with van der Waals surface area (Å²) < 4.78 is 2.00. The van der Waals surface area contributed by atoms with E-state index >= 15 is 0 Å². The highest BCUT2D eigenvalue weighted by atomic mass is 16.3. The quantitative estimate of drug-likeness (QED) is 0.856. The van der Waals surface area contributed by atoms with Crippen LogP contribution in [0.4, 0.5) is 0 Å². The number of aryl methyl sites for hydroxylation is 1. The van der Waals surface area contributed by atoms with E-state index < -0.39 is 5.60 Å². The Hall–Kier alpha value is -0.830. The predicted molar refractivity (Wildman–Crippen MR) is 70.8 cm³/mol. The molecule has 0 aliphatic rings. The first-order valence-electron chi connectivity index (χ1n) is 6.47. The van der Waals surface area contributed by atoms with Crippen LogP contribution in [-0.4, -0.2) is 14.7 Å². The molecule has 1 heterocycles. The van der Waals surface area contributed by atoms with Gasteiger partial charge in [0.15, 0.2) is 0 Å². The average Bonchev–Trinajstić information content (AvgIpc) is 2.44. The number of aliphatic hydroxyl groups is 1. The zero-order valence-electron chi connectivity index (χ0n) is 12.0. The standard InChI is InChI=1S/C14H26N2O/c1-10(2)7-14(17,8-11(3)4)13-9-15-12(5)16(13)6/h9-11,17H,7-8H2,1-6H3. The minimum absolute atomic E-state index is 0.467. The molecule has 0 fully saturated rings. The Morgan fingerprint density at radius 1 is 1.24 bits per heavy atom. The molecule has 0 saturated carbocycles. The van der Waals surface area contributed by atoms with Gasteiger partial charge < -0.3 is 9.67 Å². The Morgan fingerprint density at radius 3 is 2.00 bits per heavy atom. The molecule has 1 aromatic rings. The van der Waals surface area contributed by atoms with Crippen molar-refractivity contribution in [2.24, 2.45) is 18.9 Å². The van der Waals surface area contributed by atoms with E-state index in [1.54, 1.807) is 0 Å². The second-order valence-electron chi connectivity index (χ2n) is 5.98. The fourth-order valence-electron chi connectivity index (χ4n) is 2.58. The average molecular weight is 238 g/mol. The van der Waals surface area contributed by atoms with Crippen LogP contribution in [0, 0.1) is 18.8 Å². The van der Waals surface area contributed by atoms with Crippen molar-refractivity contribution in [2.75, 3.05) is 0 Å². The van der Waals surface area contributed by atoms with Crippen molar-refractivity contribution in [3.63, 3.8) is 0 Å². The van der Waals surface area contributed by atoms with E-state index in [9.17, 15) is 5.11 Å². The summed E-state index contributed by atoms with van der Waals surface area (Å²) in [5, 5.41) is 11.0. The van der Waals surface area contributed by atoms with Crippen LogP contribution < -0.4 is 0 Å². The zero-order chi connectivity index (χ0) is 13.2. The number of aromatic nitrogens is 2. The topological polar surface area (TPSA) is 38.1 Å². The van der Waals surface area contributed by atoms with Crippen molar-refractivity contribution < 1.29 is 5.11 Å². The van der Waals surface area contributed by atoms with Gasteiger partial charge in [-0.15, -0.1) is 0 Å². The second kappa shape index (κ2) is 5.21. The van der Waals surface area contributed by atoms with E-state index in [2.05, 4.69) is 32.7 Å². The molecule has 0 bridgehead atoms. The zero-order valence-corrected chi connectivity index (χ0v) is 12.0. The van der Waals surface area contributed by atoms with Crippen molar-refractivity contribution >= 4 is 0 Å². The third-order valence-corrected chi connectivity index (χ3v) is 3.19. The molecule has 17 heavy (non-hydrogen) atoms. The summed E-state index contributed by atoms with van der Waals surface area (Å²) in [6, 6.07) is 0. The van der Waals surface area contributed by atoms with E-state index in [4.69, 9.17) is 0 Å². The predicted octanol–water partition coefficient (Wildman–Crippen LogP) is 3.01. The lowest BCUT2D eigenvalue weighted by molar-refractivity contribution is -0.0110. The maximum atomic E-state index is 11.0. The number of rotatable bonds is 5. The molecule has 98 valence electrons. The highest BCUT2D eigenvalue weighted by Gasteiger charge is 2.34. The summed E-state index contributed by atoms with van der Waals surface area (Å²) in [6.07, 6.45) is 3.38. The SMILES string of the molecule is Cc1ncc(C(O)(CC(C)C)CC(C)C)n1C. The largest absolute Gasteiger partial charge is 0.384 e. The molecule has 3 nitrogen and oxygen atoms in total. The minimum atomic E-state index is -0.752. The van der Waals surface area contributed by atoms with Crippen LogP contribution in [-0.2, 0) is 12.6 Å². The lowest BCUT2D eigenvalue weighted by Gasteiger charge is -2.32. The number of hydrogen-bond donors (Lipinski definition) is 1. The molecule has 0 aliphatic heterocycles. The first-order chi connectivity index (χ1) is 7.76. The van der Waals surface area contributed by atoms with Gasteiger partial charge in [-0.2, -0.15) is 0 Å². The Morgan fingerprint density at radius 2 is 1.71 bits per heavy atom. The molecule has 0 amide bonds. The van der Waals surface area contributed by atoms with Gasteiger partial charge in [0.2, 0.25) is 0 Å².